The molecule has 5 heteroatoms. The molecule has 0 saturated carbocycles. The van der Waals surface area contributed by atoms with Gasteiger partial charge in [-0.1, -0.05) is 18.2 Å². The summed E-state index contributed by atoms with van der Waals surface area (Å²) in [5, 5.41) is 9.57. The van der Waals surface area contributed by atoms with Crippen LogP contribution in [-0.2, 0) is 14.3 Å². The highest BCUT2D eigenvalue weighted by Gasteiger charge is 2.41. The number of para-hydroxylation sites is 1. The van der Waals surface area contributed by atoms with Crippen molar-refractivity contribution >= 4 is 5.97 Å². The number of hydrogen-bond acceptors (Lipinski definition) is 5. The highest BCUT2D eigenvalue weighted by Crippen LogP contribution is 2.41. The molecule has 0 spiro atoms. The van der Waals surface area contributed by atoms with E-state index in [0.717, 1.165) is 5.56 Å². The molecule has 0 radical (unpaired) electrons. The molecule has 1 heterocycles. The van der Waals surface area contributed by atoms with E-state index in [2.05, 4.69) is 0 Å². The van der Waals surface area contributed by atoms with Crippen LogP contribution in [0.25, 0.3) is 0 Å². The number of rotatable bonds is 3. The molecule has 3 atom stereocenters. The maximum absolute atomic E-state index is 11.7. The molecule has 1 aliphatic heterocycles. The molecular weight excluding hydrogens is 236 g/mol. The molecule has 1 aliphatic rings. The Hall–Kier alpha value is -1.59. The van der Waals surface area contributed by atoms with E-state index < -0.39 is 18.3 Å². The van der Waals surface area contributed by atoms with Crippen molar-refractivity contribution in [1.29, 1.82) is 0 Å². The second-order valence-electron chi connectivity index (χ2n) is 4.12. The zero-order chi connectivity index (χ0) is 13.1. The molecule has 5 nitrogen and oxygen atoms in total. The summed E-state index contributed by atoms with van der Waals surface area (Å²) in [4.78, 5) is 11.7. The summed E-state index contributed by atoms with van der Waals surface area (Å²) in [5.41, 5.74) is 0.743. The fraction of sp³-hybridized carbons (Fsp3) is 0.462. The second kappa shape index (κ2) is 5.37. The van der Waals surface area contributed by atoms with Crippen LogP contribution in [0, 0.1) is 5.92 Å². The van der Waals surface area contributed by atoms with E-state index in [1.54, 1.807) is 13.2 Å². The first-order valence-corrected chi connectivity index (χ1v) is 5.71. The van der Waals surface area contributed by atoms with E-state index in [1.807, 2.05) is 18.2 Å². The first-order chi connectivity index (χ1) is 8.67. The normalized spacial score (nSPS) is 26.9. The van der Waals surface area contributed by atoms with Crippen LogP contribution in [0.15, 0.2) is 24.3 Å². The molecule has 3 unspecified atom stereocenters. The molecule has 1 fully saturated rings. The third-order valence-corrected chi connectivity index (χ3v) is 3.07. The average molecular weight is 252 g/mol. The highest BCUT2D eigenvalue weighted by molar-refractivity contribution is 5.74. The number of carbonyl (C=O) groups excluding carboxylic acids is 1. The first kappa shape index (κ1) is 12.9. The molecule has 1 saturated heterocycles. The minimum Gasteiger partial charge on any atom is -0.496 e. The minimum absolute atomic E-state index is 0.232. The molecule has 98 valence electrons. The van der Waals surface area contributed by atoms with E-state index in [0.29, 0.717) is 5.75 Å². The van der Waals surface area contributed by atoms with Gasteiger partial charge in [-0.05, 0) is 6.07 Å². The van der Waals surface area contributed by atoms with Crippen LogP contribution >= 0.6 is 0 Å². The first-order valence-electron chi connectivity index (χ1n) is 5.71. The average Bonchev–Trinajstić information content (AvgIpc) is 2.79. The molecule has 1 N–H and O–H groups in total. The number of carbonyl (C=O) groups is 1. The third kappa shape index (κ3) is 2.32. The highest BCUT2D eigenvalue weighted by atomic mass is 16.6. The monoisotopic (exact) mass is 252 g/mol. The summed E-state index contributed by atoms with van der Waals surface area (Å²) in [5.74, 6) is -0.269. The van der Waals surface area contributed by atoms with Gasteiger partial charge in [-0.15, -0.1) is 0 Å². The summed E-state index contributed by atoms with van der Waals surface area (Å²) < 4.78 is 15.4. The molecule has 0 amide bonds. The van der Waals surface area contributed by atoms with Gasteiger partial charge < -0.3 is 19.3 Å². The van der Waals surface area contributed by atoms with Gasteiger partial charge >= 0.3 is 5.97 Å². The number of benzene rings is 1. The Kier molecular flexibility index (Phi) is 3.84. The molecule has 2 rings (SSSR count). The van der Waals surface area contributed by atoms with E-state index >= 15 is 0 Å². The third-order valence-electron chi connectivity index (χ3n) is 3.07. The lowest BCUT2D eigenvalue weighted by atomic mass is 9.94. The molecule has 0 aliphatic carbocycles. The molecule has 18 heavy (non-hydrogen) atoms. The fourth-order valence-corrected chi connectivity index (χ4v) is 2.22. The largest absolute Gasteiger partial charge is 0.496 e. The predicted molar refractivity (Wildman–Crippen MR) is 62.9 cm³/mol. The second-order valence-corrected chi connectivity index (χ2v) is 4.12. The number of aliphatic hydroxyl groups excluding tert-OH is 1. The van der Waals surface area contributed by atoms with Gasteiger partial charge in [0.1, 0.15) is 11.9 Å². The maximum Gasteiger partial charge on any atom is 0.311 e. The Labute approximate surface area is 105 Å². The van der Waals surface area contributed by atoms with Gasteiger partial charge in [-0.3, -0.25) is 4.79 Å². The number of hydrogen-bond donors (Lipinski definition) is 1. The van der Waals surface area contributed by atoms with Gasteiger partial charge in [-0.25, -0.2) is 0 Å². The van der Waals surface area contributed by atoms with Crippen LogP contribution < -0.4 is 4.74 Å². The summed E-state index contributed by atoms with van der Waals surface area (Å²) in [6.07, 6.45) is -1.26. The quantitative estimate of drug-likeness (QED) is 0.820. The zero-order valence-corrected chi connectivity index (χ0v) is 10.3. The van der Waals surface area contributed by atoms with Gasteiger partial charge in [0.25, 0.3) is 0 Å². The lowest BCUT2D eigenvalue weighted by Crippen LogP contribution is -2.20. The molecule has 1 aromatic carbocycles. The van der Waals surface area contributed by atoms with Crippen molar-refractivity contribution in [3.63, 3.8) is 0 Å². The predicted octanol–water partition coefficient (Wildman–Crippen LogP) is 1.26. The molecule has 1 aromatic rings. The molecular formula is C13H16O5. The number of ether oxygens (including phenoxy) is 3. The summed E-state index contributed by atoms with van der Waals surface area (Å²) in [6.45, 7) is 0. The van der Waals surface area contributed by atoms with Crippen molar-refractivity contribution in [2.75, 3.05) is 14.2 Å². The topological polar surface area (TPSA) is 65.0 Å². The zero-order valence-electron chi connectivity index (χ0n) is 10.3. The Balaban J connectivity index is 2.32. The van der Waals surface area contributed by atoms with E-state index in [4.69, 9.17) is 14.2 Å². The van der Waals surface area contributed by atoms with Gasteiger partial charge in [0.05, 0.1) is 20.1 Å². The van der Waals surface area contributed by atoms with Crippen LogP contribution in [0.5, 0.6) is 5.75 Å². The van der Waals surface area contributed by atoms with Gasteiger partial charge in [-0.2, -0.15) is 0 Å². The van der Waals surface area contributed by atoms with Crippen LogP contribution in [0.1, 0.15) is 18.1 Å². The number of aliphatic hydroxyl groups is 1. The summed E-state index contributed by atoms with van der Waals surface area (Å²) >= 11 is 0. The maximum atomic E-state index is 11.7. The lowest BCUT2D eigenvalue weighted by Gasteiger charge is -2.18. The smallest absolute Gasteiger partial charge is 0.311 e. The standard InChI is InChI=1S/C13H16O5/c1-16-10-6-4-3-5-8(10)12-9(13(15)17-2)7-11(14)18-12/h3-6,9,11-12,14H,7H2,1-2H3. The Bertz CT molecular complexity index is 431. The van der Waals surface area contributed by atoms with E-state index in [9.17, 15) is 9.90 Å². The van der Waals surface area contributed by atoms with Crippen molar-refractivity contribution in [2.24, 2.45) is 5.92 Å². The lowest BCUT2D eigenvalue weighted by molar-refractivity contribution is -0.148. The van der Waals surface area contributed by atoms with Crippen LogP contribution in [0.2, 0.25) is 0 Å². The number of esters is 1. The summed E-state index contributed by atoms with van der Waals surface area (Å²) in [6, 6.07) is 7.27. The van der Waals surface area contributed by atoms with Gasteiger partial charge in [0, 0.05) is 12.0 Å². The Morgan fingerprint density at radius 2 is 2.11 bits per heavy atom. The minimum atomic E-state index is -0.955. The SMILES string of the molecule is COC(=O)C1CC(O)OC1c1ccccc1OC. The van der Waals surface area contributed by atoms with Crippen molar-refractivity contribution in [2.45, 2.75) is 18.8 Å². The van der Waals surface area contributed by atoms with Gasteiger partial charge in [0.15, 0.2) is 6.29 Å². The Morgan fingerprint density at radius 3 is 2.78 bits per heavy atom. The van der Waals surface area contributed by atoms with E-state index in [-0.39, 0.29) is 12.4 Å². The van der Waals surface area contributed by atoms with Crippen molar-refractivity contribution in [1.82, 2.24) is 0 Å². The van der Waals surface area contributed by atoms with Crippen LogP contribution in [-0.4, -0.2) is 31.6 Å². The Morgan fingerprint density at radius 1 is 1.39 bits per heavy atom. The van der Waals surface area contributed by atoms with Gasteiger partial charge in [0.2, 0.25) is 0 Å². The summed E-state index contributed by atoms with van der Waals surface area (Å²) in [7, 11) is 2.88. The van der Waals surface area contributed by atoms with Crippen molar-refractivity contribution in [3.05, 3.63) is 29.8 Å². The molecule has 0 bridgehead atoms. The van der Waals surface area contributed by atoms with Crippen LogP contribution in [0.3, 0.4) is 0 Å². The van der Waals surface area contributed by atoms with Crippen LogP contribution in [0.4, 0.5) is 0 Å². The fourth-order valence-electron chi connectivity index (χ4n) is 2.22. The van der Waals surface area contributed by atoms with Crippen molar-refractivity contribution in [3.8, 4) is 5.75 Å². The van der Waals surface area contributed by atoms with Crippen molar-refractivity contribution < 1.29 is 24.1 Å². The molecule has 0 aromatic heterocycles. The van der Waals surface area contributed by atoms with E-state index in [1.165, 1.54) is 7.11 Å². The number of methoxy groups -OCH3 is 2.